The Morgan fingerprint density at radius 2 is 2.25 bits per heavy atom. The SMILES string of the molecule is CCOc1ccc(N(C)C(=O)NC)cc1F. The van der Waals surface area contributed by atoms with E-state index in [1.54, 1.807) is 20.0 Å². The maximum atomic E-state index is 13.5. The fraction of sp³-hybridized carbons (Fsp3) is 0.364. The fourth-order valence-electron chi connectivity index (χ4n) is 1.26. The molecule has 0 aliphatic rings. The van der Waals surface area contributed by atoms with Crippen molar-refractivity contribution in [3.63, 3.8) is 0 Å². The molecule has 5 heteroatoms. The molecule has 0 aromatic heterocycles. The number of benzene rings is 1. The first-order chi connectivity index (χ1) is 7.60. The molecule has 1 aromatic rings. The van der Waals surface area contributed by atoms with Gasteiger partial charge in [-0.3, -0.25) is 4.90 Å². The Hall–Kier alpha value is -1.78. The van der Waals surface area contributed by atoms with Crippen LogP contribution in [0, 0.1) is 5.82 Å². The van der Waals surface area contributed by atoms with E-state index >= 15 is 0 Å². The van der Waals surface area contributed by atoms with Crippen molar-refractivity contribution in [3.8, 4) is 5.75 Å². The van der Waals surface area contributed by atoms with E-state index in [0.29, 0.717) is 12.3 Å². The average molecular weight is 226 g/mol. The van der Waals surface area contributed by atoms with Crippen molar-refractivity contribution in [2.75, 3.05) is 25.6 Å². The molecular formula is C11H15FN2O2. The smallest absolute Gasteiger partial charge is 0.321 e. The monoisotopic (exact) mass is 226 g/mol. The lowest BCUT2D eigenvalue weighted by Crippen LogP contribution is -2.34. The van der Waals surface area contributed by atoms with Gasteiger partial charge >= 0.3 is 6.03 Å². The van der Waals surface area contributed by atoms with Gasteiger partial charge in [0.25, 0.3) is 0 Å². The first kappa shape index (κ1) is 12.3. The topological polar surface area (TPSA) is 41.6 Å². The molecule has 0 spiro atoms. The molecule has 0 aliphatic carbocycles. The molecule has 0 saturated carbocycles. The summed E-state index contributed by atoms with van der Waals surface area (Å²) in [4.78, 5) is 12.6. The van der Waals surface area contributed by atoms with Crippen LogP contribution in [0.5, 0.6) is 5.75 Å². The van der Waals surface area contributed by atoms with Gasteiger partial charge in [-0.05, 0) is 19.1 Å². The zero-order valence-corrected chi connectivity index (χ0v) is 9.58. The van der Waals surface area contributed by atoms with E-state index in [2.05, 4.69) is 5.32 Å². The van der Waals surface area contributed by atoms with Gasteiger partial charge in [-0.25, -0.2) is 9.18 Å². The molecule has 0 bridgehead atoms. The van der Waals surface area contributed by atoms with Crippen molar-refractivity contribution >= 4 is 11.7 Å². The predicted octanol–water partition coefficient (Wildman–Crippen LogP) is 2.00. The maximum Gasteiger partial charge on any atom is 0.321 e. The van der Waals surface area contributed by atoms with Crippen LogP contribution in [0.3, 0.4) is 0 Å². The second-order valence-corrected chi connectivity index (χ2v) is 3.16. The van der Waals surface area contributed by atoms with E-state index in [1.165, 1.54) is 24.1 Å². The van der Waals surface area contributed by atoms with Crippen LogP contribution in [0.15, 0.2) is 18.2 Å². The van der Waals surface area contributed by atoms with Crippen LogP contribution in [0.1, 0.15) is 6.92 Å². The van der Waals surface area contributed by atoms with Gasteiger partial charge in [0.1, 0.15) is 0 Å². The van der Waals surface area contributed by atoms with Gasteiger partial charge in [0.2, 0.25) is 0 Å². The summed E-state index contributed by atoms with van der Waals surface area (Å²) in [5, 5.41) is 2.46. The molecule has 0 aliphatic heterocycles. The second-order valence-electron chi connectivity index (χ2n) is 3.16. The number of halogens is 1. The van der Waals surface area contributed by atoms with Gasteiger partial charge < -0.3 is 10.1 Å². The van der Waals surface area contributed by atoms with E-state index in [9.17, 15) is 9.18 Å². The van der Waals surface area contributed by atoms with Crippen molar-refractivity contribution in [2.45, 2.75) is 6.92 Å². The van der Waals surface area contributed by atoms with Gasteiger partial charge in [0.05, 0.1) is 6.61 Å². The standard InChI is InChI=1S/C11H15FN2O2/c1-4-16-10-6-5-8(7-9(10)12)14(3)11(15)13-2/h5-7H,4H2,1-3H3,(H,13,15). The molecule has 1 rings (SSSR count). The highest BCUT2D eigenvalue weighted by atomic mass is 19.1. The van der Waals surface area contributed by atoms with Crippen LogP contribution in [0.2, 0.25) is 0 Å². The van der Waals surface area contributed by atoms with E-state index < -0.39 is 5.82 Å². The van der Waals surface area contributed by atoms with Crippen LogP contribution in [-0.2, 0) is 0 Å². The predicted molar refractivity (Wildman–Crippen MR) is 60.4 cm³/mol. The third-order valence-corrected chi connectivity index (χ3v) is 2.12. The summed E-state index contributed by atoms with van der Waals surface area (Å²) in [5.41, 5.74) is 0.473. The highest BCUT2D eigenvalue weighted by Gasteiger charge is 2.11. The number of urea groups is 1. The highest BCUT2D eigenvalue weighted by Crippen LogP contribution is 2.23. The minimum absolute atomic E-state index is 0.191. The van der Waals surface area contributed by atoms with Crippen molar-refractivity contribution in [1.82, 2.24) is 5.32 Å². The third kappa shape index (κ3) is 2.62. The highest BCUT2D eigenvalue weighted by molar-refractivity contribution is 5.91. The minimum atomic E-state index is -0.477. The van der Waals surface area contributed by atoms with Crippen LogP contribution in [-0.4, -0.2) is 26.7 Å². The molecule has 1 aromatic carbocycles. The molecule has 16 heavy (non-hydrogen) atoms. The Balaban J connectivity index is 2.92. The normalized spacial score (nSPS) is 9.75. The fourth-order valence-corrected chi connectivity index (χ4v) is 1.26. The van der Waals surface area contributed by atoms with E-state index in [1.807, 2.05) is 0 Å². The van der Waals surface area contributed by atoms with Crippen molar-refractivity contribution in [3.05, 3.63) is 24.0 Å². The Bertz CT molecular complexity index is 382. The number of hydrogen-bond acceptors (Lipinski definition) is 2. The molecule has 0 atom stereocenters. The Morgan fingerprint density at radius 1 is 1.56 bits per heavy atom. The minimum Gasteiger partial charge on any atom is -0.491 e. The van der Waals surface area contributed by atoms with Gasteiger partial charge in [-0.2, -0.15) is 0 Å². The number of nitrogens with one attached hydrogen (secondary N) is 1. The Labute approximate surface area is 94.0 Å². The molecule has 0 saturated heterocycles. The van der Waals surface area contributed by atoms with Gasteiger partial charge in [-0.1, -0.05) is 0 Å². The zero-order chi connectivity index (χ0) is 12.1. The molecule has 88 valence electrons. The lowest BCUT2D eigenvalue weighted by molar-refractivity contribution is 0.249. The third-order valence-electron chi connectivity index (χ3n) is 2.12. The molecular weight excluding hydrogens is 211 g/mol. The van der Waals surface area contributed by atoms with Crippen LogP contribution < -0.4 is 15.0 Å². The lowest BCUT2D eigenvalue weighted by Gasteiger charge is -2.17. The number of amides is 2. The Kier molecular flexibility index (Phi) is 4.10. The number of carbonyl (C=O) groups is 1. The molecule has 0 heterocycles. The largest absolute Gasteiger partial charge is 0.491 e. The number of carbonyl (C=O) groups excluding carboxylic acids is 1. The van der Waals surface area contributed by atoms with Crippen molar-refractivity contribution < 1.29 is 13.9 Å². The first-order valence-electron chi connectivity index (χ1n) is 4.98. The quantitative estimate of drug-likeness (QED) is 0.856. The zero-order valence-electron chi connectivity index (χ0n) is 9.58. The van der Waals surface area contributed by atoms with Crippen molar-refractivity contribution in [1.29, 1.82) is 0 Å². The molecule has 2 amide bonds. The van der Waals surface area contributed by atoms with E-state index in [4.69, 9.17) is 4.74 Å². The second kappa shape index (κ2) is 5.34. The van der Waals surface area contributed by atoms with Crippen LogP contribution in [0.25, 0.3) is 0 Å². The number of nitrogens with zero attached hydrogens (tertiary/aromatic N) is 1. The van der Waals surface area contributed by atoms with Crippen LogP contribution >= 0.6 is 0 Å². The first-order valence-corrected chi connectivity index (χ1v) is 4.98. The summed E-state index contributed by atoms with van der Waals surface area (Å²) in [5.74, 6) is -0.286. The van der Waals surface area contributed by atoms with Crippen LogP contribution in [0.4, 0.5) is 14.9 Å². The maximum absolute atomic E-state index is 13.5. The molecule has 0 radical (unpaired) electrons. The molecule has 0 unspecified atom stereocenters. The number of anilines is 1. The summed E-state index contributed by atoms with van der Waals surface area (Å²) >= 11 is 0. The van der Waals surface area contributed by atoms with Gasteiger partial charge in [0.15, 0.2) is 11.6 Å². The number of hydrogen-bond donors (Lipinski definition) is 1. The summed E-state index contributed by atoms with van der Waals surface area (Å²) in [7, 11) is 3.08. The number of ether oxygens (including phenoxy) is 1. The lowest BCUT2D eigenvalue weighted by atomic mass is 10.2. The molecule has 4 nitrogen and oxygen atoms in total. The van der Waals surface area contributed by atoms with Gasteiger partial charge in [-0.15, -0.1) is 0 Å². The molecule has 0 fully saturated rings. The van der Waals surface area contributed by atoms with E-state index in [0.717, 1.165) is 0 Å². The summed E-state index contributed by atoms with van der Waals surface area (Å²) in [6, 6.07) is 4.10. The Morgan fingerprint density at radius 3 is 2.75 bits per heavy atom. The van der Waals surface area contributed by atoms with E-state index in [-0.39, 0.29) is 11.8 Å². The number of rotatable bonds is 3. The molecule has 1 N–H and O–H groups in total. The summed E-state index contributed by atoms with van der Waals surface area (Å²) in [6.45, 7) is 2.19. The van der Waals surface area contributed by atoms with Crippen molar-refractivity contribution in [2.24, 2.45) is 0 Å². The van der Waals surface area contributed by atoms with Gasteiger partial charge in [0, 0.05) is 25.8 Å². The average Bonchev–Trinajstić information content (AvgIpc) is 2.30. The summed E-state index contributed by atoms with van der Waals surface area (Å²) in [6.07, 6.45) is 0. The summed E-state index contributed by atoms with van der Waals surface area (Å²) < 4.78 is 18.5.